The summed E-state index contributed by atoms with van der Waals surface area (Å²) in [6.07, 6.45) is 2.13. The molecule has 0 N–H and O–H groups in total. The molecule has 120 valence electrons. The zero-order valence-electron chi connectivity index (χ0n) is 13.3. The van der Waals surface area contributed by atoms with Gasteiger partial charge in [0.05, 0.1) is 13.2 Å². The van der Waals surface area contributed by atoms with Crippen LogP contribution < -0.4 is 4.74 Å². The number of amides is 1. The highest BCUT2D eigenvalue weighted by molar-refractivity contribution is 6.30. The summed E-state index contributed by atoms with van der Waals surface area (Å²) in [5, 5.41) is 0.707. The Morgan fingerprint density at radius 2 is 1.91 bits per heavy atom. The number of carbonyl (C=O) groups excluding carboxylic acids is 1. The predicted molar refractivity (Wildman–Crippen MR) is 92.1 cm³/mol. The third-order valence-electron chi connectivity index (χ3n) is 4.26. The highest BCUT2D eigenvalue weighted by Gasteiger charge is 2.36. The summed E-state index contributed by atoms with van der Waals surface area (Å²) >= 11 is 5.97. The van der Waals surface area contributed by atoms with Crippen LogP contribution in [0.15, 0.2) is 48.5 Å². The van der Waals surface area contributed by atoms with Gasteiger partial charge in [0.25, 0.3) is 5.91 Å². The Morgan fingerprint density at radius 3 is 2.52 bits per heavy atom. The monoisotopic (exact) mass is 329 g/mol. The summed E-state index contributed by atoms with van der Waals surface area (Å²) in [4.78, 5) is 15.0. The molecule has 1 saturated carbocycles. The van der Waals surface area contributed by atoms with Crippen LogP contribution in [0.5, 0.6) is 5.75 Å². The molecule has 0 heterocycles. The van der Waals surface area contributed by atoms with Crippen LogP contribution in [0, 0.1) is 0 Å². The molecule has 0 bridgehead atoms. The van der Waals surface area contributed by atoms with Gasteiger partial charge in [-0.15, -0.1) is 0 Å². The number of carbonyl (C=O) groups is 1. The average Bonchev–Trinajstić information content (AvgIpc) is 3.40. The fourth-order valence-electron chi connectivity index (χ4n) is 2.82. The minimum Gasteiger partial charge on any atom is -0.497 e. The van der Waals surface area contributed by atoms with E-state index in [4.69, 9.17) is 16.3 Å². The number of benzene rings is 2. The molecule has 2 aromatic carbocycles. The first-order chi connectivity index (χ1) is 11.1. The standard InChI is InChI=1S/C19H20ClNO2/c1-13(14-6-8-16(20)9-7-14)21(17-10-11-17)19(22)15-4-3-5-18(12-15)23-2/h3-9,12-13,17H,10-11H2,1-2H3. The van der Waals surface area contributed by atoms with Crippen molar-refractivity contribution in [1.82, 2.24) is 4.90 Å². The van der Waals surface area contributed by atoms with E-state index in [2.05, 4.69) is 6.92 Å². The zero-order valence-corrected chi connectivity index (χ0v) is 14.1. The molecule has 1 aliphatic rings. The topological polar surface area (TPSA) is 29.5 Å². The molecule has 1 aliphatic carbocycles. The zero-order chi connectivity index (χ0) is 16.4. The van der Waals surface area contributed by atoms with E-state index in [1.54, 1.807) is 13.2 Å². The van der Waals surface area contributed by atoms with Gasteiger partial charge in [0.1, 0.15) is 5.75 Å². The van der Waals surface area contributed by atoms with Crippen LogP contribution in [0.25, 0.3) is 0 Å². The number of rotatable bonds is 5. The molecule has 23 heavy (non-hydrogen) atoms. The second-order valence-electron chi connectivity index (χ2n) is 5.90. The molecule has 2 aromatic rings. The van der Waals surface area contributed by atoms with Gasteiger partial charge in [-0.1, -0.05) is 29.8 Å². The summed E-state index contributed by atoms with van der Waals surface area (Å²) in [5.74, 6) is 0.750. The summed E-state index contributed by atoms with van der Waals surface area (Å²) in [7, 11) is 1.61. The van der Waals surface area contributed by atoms with Crippen LogP contribution >= 0.6 is 11.6 Å². The highest BCUT2D eigenvalue weighted by atomic mass is 35.5. The van der Waals surface area contributed by atoms with Crippen LogP contribution in [0.1, 0.15) is 41.7 Å². The van der Waals surface area contributed by atoms with Gasteiger partial charge >= 0.3 is 0 Å². The number of ether oxygens (including phenoxy) is 1. The first-order valence-electron chi connectivity index (χ1n) is 7.82. The minimum absolute atomic E-state index is 0.0125. The Bertz CT molecular complexity index is 695. The van der Waals surface area contributed by atoms with Crippen LogP contribution in [-0.2, 0) is 0 Å². The molecule has 0 aliphatic heterocycles. The van der Waals surface area contributed by atoms with E-state index in [-0.39, 0.29) is 11.9 Å². The van der Waals surface area contributed by atoms with E-state index in [9.17, 15) is 4.79 Å². The van der Waals surface area contributed by atoms with Crippen molar-refractivity contribution in [2.75, 3.05) is 7.11 Å². The van der Waals surface area contributed by atoms with Crippen LogP contribution in [0.4, 0.5) is 0 Å². The van der Waals surface area contributed by atoms with Crippen molar-refractivity contribution in [3.8, 4) is 5.75 Å². The van der Waals surface area contributed by atoms with Gasteiger partial charge in [-0.25, -0.2) is 0 Å². The predicted octanol–water partition coefficient (Wildman–Crippen LogP) is 4.71. The fraction of sp³-hybridized carbons (Fsp3) is 0.316. The Morgan fingerprint density at radius 1 is 1.22 bits per heavy atom. The molecule has 0 radical (unpaired) electrons. The summed E-state index contributed by atoms with van der Waals surface area (Å²) in [6, 6.07) is 15.4. The van der Waals surface area contributed by atoms with E-state index >= 15 is 0 Å². The Kier molecular flexibility index (Phi) is 4.58. The van der Waals surface area contributed by atoms with Crippen molar-refractivity contribution in [3.63, 3.8) is 0 Å². The van der Waals surface area contributed by atoms with E-state index in [0.717, 1.165) is 18.4 Å². The first kappa shape index (κ1) is 15.9. The summed E-state index contributed by atoms with van der Waals surface area (Å²) < 4.78 is 5.23. The molecule has 3 nitrogen and oxygen atoms in total. The lowest BCUT2D eigenvalue weighted by molar-refractivity contribution is 0.0673. The van der Waals surface area contributed by atoms with Crippen LogP contribution in [0.3, 0.4) is 0 Å². The fourth-order valence-corrected chi connectivity index (χ4v) is 2.94. The molecule has 0 spiro atoms. The van der Waals surface area contributed by atoms with Crippen LogP contribution in [-0.4, -0.2) is 24.0 Å². The van der Waals surface area contributed by atoms with Crippen molar-refractivity contribution >= 4 is 17.5 Å². The normalized spacial score (nSPS) is 15.1. The number of methoxy groups -OCH3 is 1. The molecule has 3 rings (SSSR count). The third-order valence-corrected chi connectivity index (χ3v) is 4.51. The lowest BCUT2D eigenvalue weighted by Gasteiger charge is -2.30. The third kappa shape index (κ3) is 3.50. The van der Waals surface area contributed by atoms with Gasteiger partial charge in [0.15, 0.2) is 0 Å². The largest absolute Gasteiger partial charge is 0.497 e. The number of nitrogens with zero attached hydrogens (tertiary/aromatic N) is 1. The van der Waals surface area contributed by atoms with Gasteiger partial charge in [-0.05, 0) is 55.7 Å². The lowest BCUT2D eigenvalue weighted by atomic mass is 10.0. The molecule has 1 unspecified atom stereocenters. The number of hydrogen-bond donors (Lipinski definition) is 0. The van der Waals surface area contributed by atoms with E-state index < -0.39 is 0 Å². The smallest absolute Gasteiger partial charge is 0.254 e. The maximum atomic E-state index is 13.0. The van der Waals surface area contributed by atoms with Gasteiger partial charge in [-0.3, -0.25) is 4.79 Å². The van der Waals surface area contributed by atoms with Gasteiger partial charge in [0.2, 0.25) is 0 Å². The van der Waals surface area contributed by atoms with E-state index in [0.29, 0.717) is 22.4 Å². The second kappa shape index (κ2) is 6.63. The van der Waals surface area contributed by atoms with E-state index in [1.165, 1.54) is 0 Å². The molecular weight excluding hydrogens is 310 g/mol. The Hall–Kier alpha value is -2.00. The number of hydrogen-bond acceptors (Lipinski definition) is 2. The molecule has 4 heteroatoms. The number of halogens is 1. The maximum Gasteiger partial charge on any atom is 0.254 e. The van der Waals surface area contributed by atoms with E-state index in [1.807, 2.05) is 47.4 Å². The Balaban J connectivity index is 1.88. The van der Waals surface area contributed by atoms with Gasteiger partial charge in [-0.2, -0.15) is 0 Å². The maximum absolute atomic E-state index is 13.0. The average molecular weight is 330 g/mol. The molecule has 1 atom stereocenters. The minimum atomic E-state index is 0.0125. The lowest BCUT2D eigenvalue weighted by Crippen LogP contribution is -2.35. The van der Waals surface area contributed by atoms with Crippen molar-refractivity contribution < 1.29 is 9.53 Å². The Labute approximate surface area is 141 Å². The molecule has 1 fully saturated rings. The van der Waals surface area contributed by atoms with Crippen molar-refractivity contribution in [3.05, 3.63) is 64.7 Å². The second-order valence-corrected chi connectivity index (χ2v) is 6.34. The molecule has 0 aromatic heterocycles. The molecular formula is C19H20ClNO2. The van der Waals surface area contributed by atoms with Crippen LogP contribution in [0.2, 0.25) is 5.02 Å². The van der Waals surface area contributed by atoms with Crippen molar-refractivity contribution in [1.29, 1.82) is 0 Å². The first-order valence-corrected chi connectivity index (χ1v) is 8.20. The van der Waals surface area contributed by atoms with Crippen molar-refractivity contribution in [2.45, 2.75) is 31.8 Å². The summed E-state index contributed by atoms with van der Waals surface area (Å²) in [5.41, 5.74) is 1.76. The molecule has 1 amide bonds. The van der Waals surface area contributed by atoms with Gasteiger partial charge in [0, 0.05) is 16.6 Å². The molecule has 0 saturated heterocycles. The van der Waals surface area contributed by atoms with Crippen molar-refractivity contribution in [2.24, 2.45) is 0 Å². The highest BCUT2D eigenvalue weighted by Crippen LogP contribution is 2.36. The van der Waals surface area contributed by atoms with Gasteiger partial charge < -0.3 is 9.64 Å². The SMILES string of the molecule is COc1cccc(C(=O)N(C2CC2)C(C)c2ccc(Cl)cc2)c1. The summed E-state index contributed by atoms with van der Waals surface area (Å²) in [6.45, 7) is 2.07. The quantitative estimate of drug-likeness (QED) is 0.794.